The topological polar surface area (TPSA) is 93.2 Å². The Labute approximate surface area is 169 Å². The Balaban J connectivity index is 1.66. The molecule has 0 saturated heterocycles. The second-order valence-electron chi connectivity index (χ2n) is 6.71. The Kier molecular flexibility index (Phi) is 6.78. The Morgan fingerprint density at radius 2 is 1.93 bits per heavy atom. The molecule has 1 amide bonds. The molecule has 0 saturated carbocycles. The number of aryl methyl sites for hydroxylation is 2. The van der Waals surface area contributed by atoms with Gasteiger partial charge in [-0.1, -0.05) is 30.3 Å². The molecule has 0 bridgehead atoms. The van der Waals surface area contributed by atoms with Gasteiger partial charge in [0.25, 0.3) is 0 Å². The summed E-state index contributed by atoms with van der Waals surface area (Å²) in [6.07, 6.45) is 4.33. The Morgan fingerprint density at radius 1 is 1.14 bits per heavy atom. The molecule has 8 heteroatoms. The molecule has 1 aromatic carbocycles. The van der Waals surface area contributed by atoms with E-state index in [1.54, 1.807) is 12.4 Å². The minimum Gasteiger partial charge on any atom is -0.476 e. The van der Waals surface area contributed by atoms with Crippen LogP contribution in [0.3, 0.4) is 0 Å². The van der Waals surface area contributed by atoms with Gasteiger partial charge in [-0.15, -0.1) is 0 Å². The maximum Gasteiger partial charge on any atom is 0.356 e. The first-order valence-corrected chi connectivity index (χ1v) is 9.66. The largest absolute Gasteiger partial charge is 0.476 e. The number of benzene rings is 1. The highest BCUT2D eigenvalue weighted by atomic mass is 16.4. The first-order chi connectivity index (χ1) is 14.1. The van der Waals surface area contributed by atoms with Gasteiger partial charge < -0.3 is 10.0 Å². The maximum atomic E-state index is 12.9. The zero-order valence-electron chi connectivity index (χ0n) is 16.4. The number of carbonyl (C=O) groups excluding carboxylic acids is 1. The van der Waals surface area contributed by atoms with Gasteiger partial charge in [-0.3, -0.25) is 14.2 Å². The van der Waals surface area contributed by atoms with E-state index in [4.69, 9.17) is 5.11 Å². The van der Waals surface area contributed by atoms with Crippen LogP contribution < -0.4 is 0 Å². The van der Waals surface area contributed by atoms with E-state index in [9.17, 15) is 9.59 Å². The van der Waals surface area contributed by atoms with Gasteiger partial charge in [-0.2, -0.15) is 10.2 Å². The molecule has 0 aliphatic carbocycles. The molecule has 2 heterocycles. The molecule has 152 valence electrons. The molecule has 3 rings (SSSR count). The predicted octanol–water partition coefficient (Wildman–Crippen LogP) is 2.46. The summed E-state index contributed by atoms with van der Waals surface area (Å²) in [6, 6.07) is 13.4. The summed E-state index contributed by atoms with van der Waals surface area (Å²) in [6.45, 7) is 4.18. The third-order valence-electron chi connectivity index (χ3n) is 4.74. The van der Waals surface area contributed by atoms with Crippen molar-refractivity contribution in [3.8, 4) is 0 Å². The van der Waals surface area contributed by atoms with Gasteiger partial charge in [0, 0.05) is 38.4 Å². The number of carbonyl (C=O) groups is 2. The van der Waals surface area contributed by atoms with Crippen molar-refractivity contribution in [2.75, 3.05) is 6.54 Å². The van der Waals surface area contributed by atoms with E-state index in [1.165, 1.54) is 16.3 Å². The minimum absolute atomic E-state index is 0.00263. The van der Waals surface area contributed by atoms with Crippen molar-refractivity contribution in [3.63, 3.8) is 0 Å². The van der Waals surface area contributed by atoms with Gasteiger partial charge in [0.2, 0.25) is 5.91 Å². The standard InChI is InChI=1S/C21H25N5O3/c1-2-26-18(8-12-22-26)16-24(13-9-17-6-4-3-5-7-17)20(27)11-15-25-14-10-19(23-25)21(28)29/h3-8,10,12,14H,2,9,11,13,15-16H2,1H3,(H,28,29). The second-order valence-corrected chi connectivity index (χ2v) is 6.71. The van der Waals surface area contributed by atoms with E-state index in [1.807, 2.05) is 40.8 Å². The van der Waals surface area contributed by atoms with Crippen molar-refractivity contribution in [3.05, 3.63) is 71.8 Å². The number of hydrogen-bond acceptors (Lipinski definition) is 4. The summed E-state index contributed by atoms with van der Waals surface area (Å²) in [7, 11) is 0. The van der Waals surface area contributed by atoms with Crippen LogP contribution in [0.5, 0.6) is 0 Å². The lowest BCUT2D eigenvalue weighted by molar-refractivity contribution is -0.132. The zero-order chi connectivity index (χ0) is 20.6. The Bertz CT molecular complexity index is 948. The van der Waals surface area contributed by atoms with Crippen molar-refractivity contribution in [2.45, 2.75) is 39.4 Å². The van der Waals surface area contributed by atoms with Crippen LogP contribution in [-0.4, -0.2) is 48.0 Å². The number of aromatic nitrogens is 4. The molecular weight excluding hydrogens is 370 g/mol. The van der Waals surface area contributed by atoms with Gasteiger partial charge >= 0.3 is 5.97 Å². The lowest BCUT2D eigenvalue weighted by atomic mass is 10.1. The number of hydrogen-bond donors (Lipinski definition) is 1. The van der Waals surface area contributed by atoms with Crippen molar-refractivity contribution in [1.82, 2.24) is 24.5 Å². The third kappa shape index (κ3) is 5.54. The number of carboxylic acids is 1. The van der Waals surface area contributed by atoms with E-state index >= 15 is 0 Å². The highest BCUT2D eigenvalue weighted by Crippen LogP contribution is 2.10. The van der Waals surface area contributed by atoms with Crippen LogP contribution in [0.1, 0.15) is 35.1 Å². The molecule has 2 aromatic heterocycles. The summed E-state index contributed by atoms with van der Waals surface area (Å²) >= 11 is 0. The first kappa shape index (κ1) is 20.3. The fraction of sp³-hybridized carbons (Fsp3) is 0.333. The SMILES string of the molecule is CCn1nccc1CN(CCc1ccccc1)C(=O)CCn1ccc(C(=O)O)n1. The molecule has 3 aromatic rings. The highest BCUT2D eigenvalue weighted by Gasteiger charge is 2.17. The first-order valence-electron chi connectivity index (χ1n) is 9.66. The van der Waals surface area contributed by atoms with Gasteiger partial charge in [-0.05, 0) is 31.0 Å². The number of nitrogens with zero attached hydrogens (tertiary/aromatic N) is 5. The normalized spacial score (nSPS) is 10.8. The maximum absolute atomic E-state index is 12.9. The summed E-state index contributed by atoms with van der Waals surface area (Å²) in [5.41, 5.74) is 2.14. The van der Waals surface area contributed by atoms with Crippen molar-refractivity contribution in [2.24, 2.45) is 0 Å². The molecule has 29 heavy (non-hydrogen) atoms. The Morgan fingerprint density at radius 3 is 2.62 bits per heavy atom. The van der Waals surface area contributed by atoms with Crippen molar-refractivity contribution in [1.29, 1.82) is 0 Å². The lowest BCUT2D eigenvalue weighted by Crippen LogP contribution is -2.34. The molecule has 0 spiro atoms. The molecule has 0 aliphatic heterocycles. The quantitative estimate of drug-likeness (QED) is 0.569. The predicted molar refractivity (Wildman–Crippen MR) is 107 cm³/mol. The van der Waals surface area contributed by atoms with Crippen molar-refractivity contribution >= 4 is 11.9 Å². The molecule has 0 aliphatic rings. The molecule has 0 fully saturated rings. The van der Waals surface area contributed by atoms with E-state index < -0.39 is 5.97 Å². The summed E-state index contributed by atoms with van der Waals surface area (Å²) in [5.74, 6) is -1.08. The molecule has 0 radical (unpaired) electrons. The minimum atomic E-state index is -1.08. The molecule has 0 atom stereocenters. The fourth-order valence-electron chi connectivity index (χ4n) is 3.14. The van der Waals surface area contributed by atoms with E-state index in [-0.39, 0.29) is 18.0 Å². The fourth-order valence-corrected chi connectivity index (χ4v) is 3.14. The molecule has 0 unspecified atom stereocenters. The smallest absolute Gasteiger partial charge is 0.356 e. The molecular formula is C21H25N5O3. The van der Waals surface area contributed by atoms with Crippen LogP contribution in [0, 0.1) is 0 Å². The van der Waals surface area contributed by atoms with Gasteiger partial charge in [0.05, 0.1) is 12.2 Å². The third-order valence-corrected chi connectivity index (χ3v) is 4.74. The van der Waals surface area contributed by atoms with E-state index in [2.05, 4.69) is 22.3 Å². The Hall–Kier alpha value is -3.42. The highest BCUT2D eigenvalue weighted by molar-refractivity contribution is 5.85. The van der Waals surface area contributed by atoms with Gasteiger partial charge in [-0.25, -0.2) is 4.79 Å². The van der Waals surface area contributed by atoms with Crippen LogP contribution in [0.25, 0.3) is 0 Å². The van der Waals surface area contributed by atoms with Crippen LogP contribution in [0.4, 0.5) is 0 Å². The van der Waals surface area contributed by atoms with Crippen molar-refractivity contribution < 1.29 is 14.7 Å². The average molecular weight is 395 g/mol. The second kappa shape index (κ2) is 9.68. The molecule has 1 N–H and O–H groups in total. The van der Waals surface area contributed by atoms with Gasteiger partial charge in [0.1, 0.15) is 0 Å². The number of amides is 1. The van der Waals surface area contributed by atoms with Crippen LogP contribution in [-0.2, 0) is 30.8 Å². The summed E-state index contributed by atoms with van der Waals surface area (Å²) < 4.78 is 3.38. The van der Waals surface area contributed by atoms with E-state index in [0.717, 1.165) is 18.7 Å². The average Bonchev–Trinajstić information content (AvgIpc) is 3.39. The monoisotopic (exact) mass is 395 g/mol. The lowest BCUT2D eigenvalue weighted by Gasteiger charge is -2.23. The van der Waals surface area contributed by atoms with Crippen LogP contribution in [0.2, 0.25) is 0 Å². The molecule has 8 nitrogen and oxygen atoms in total. The van der Waals surface area contributed by atoms with E-state index in [0.29, 0.717) is 19.6 Å². The number of aromatic carboxylic acids is 1. The van der Waals surface area contributed by atoms with Crippen LogP contribution >= 0.6 is 0 Å². The number of rotatable bonds is 10. The summed E-state index contributed by atoms with van der Waals surface area (Å²) in [4.78, 5) is 25.7. The number of carboxylic acid groups (broad SMARTS) is 1. The van der Waals surface area contributed by atoms with Gasteiger partial charge in [0.15, 0.2) is 5.69 Å². The van der Waals surface area contributed by atoms with Crippen LogP contribution in [0.15, 0.2) is 54.9 Å². The summed E-state index contributed by atoms with van der Waals surface area (Å²) in [5, 5.41) is 17.2. The zero-order valence-corrected chi connectivity index (χ0v) is 16.4.